The molecule has 1 aromatic rings. The molecule has 3 amide bonds. The third-order valence-electron chi connectivity index (χ3n) is 3.66. The molecule has 3 N–H and O–H groups in total. The monoisotopic (exact) mass is 289 g/mol. The number of benzene rings is 1. The molecule has 6 heteroatoms. The molecule has 0 saturated carbocycles. The van der Waals surface area contributed by atoms with Crippen LogP contribution in [0.25, 0.3) is 0 Å². The number of urea groups is 1. The molecule has 1 aliphatic heterocycles. The minimum atomic E-state index is -0.488. The molecule has 0 radical (unpaired) electrons. The maximum atomic E-state index is 12.2. The number of ketones is 1. The summed E-state index contributed by atoms with van der Waals surface area (Å²) in [6.07, 6.45) is 1.51. The van der Waals surface area contributed by atoms with E-state index >= 15 is 0 Å². The summed E-state index contributed by atoms with van der Waals surface area (Å²) in [7, 11) is 0. The Kier molecular flexibility index (Phi) is 4.57. The second-order valence-corrected chi connectivity index (χ2v) is 5.25. The lowest BCUT2D eigenvalue weighted by Crippen LogP contribution is -2.46. The van der Waals surface area contributed by atoms with Gasteiger partial charge in [-0.3, -0.25) is 9.59 Å². The molecular formula is C15H19N3O3. The van der Waals surface area contributed by atoms with Crippen LogP contribution in [0.5, 0.6) is 0 Å². The van der Waals surface area contributed by atoms with Crippen molar-refractivity contribution >= 4 is 23.4 Å². The van der Waals surface area contributed by atoms with Crippen LogP contribution in [0, 0.1) is 5.92 Å². The number of likely N-dealkylation sites (tertiary alicyclic amines) is 1. The quantitative estimate of drug-likeness (QED) is 0.828. The van der Waals surface area contributed by atoms with Crippen molar-refractivity contribution in [1.82, 2.24) is 4.90 Å². The highest BCUT2D eigenvalue weighted by molar-refractivity contribution is 5.96. The van der Waals surface area contributed by atoms with Crippen molar-refractivity contribution in [3.05, 3.63) is 29.8 Å². The molecule has 1 aromatic carbocycles. The van der Waals surface area contributed by atoms with Crippen molar-refractivity contribution in [1.29, 1.82) is 0 Å². The van der Waals surface area contributed by atoms with Gasteiger partial charge in [-0.1, -0.05) is 0 Å². The van der Waals surface area contributed by atoms with E-state index < -0.39 is 6.03 Å². The zero-order chi connectivity index (χ0) is 15.4. The van der Waals surface area contributed by atoms with Crippen LogP contribution in [0.1, 0.15) is 30.1 Å². The lowest BCUT2D eigenvalue weighted by atomic mass is 9.97. The van der Waals surface area contributed by atoms with Crippen molar-refractivity contribution in [2.24, 2.45) is 11.7 Å². The number of amides is 3. The van der Waals surface area contributed by atoms with E-state index in [0.29, 0.717) is 24.3 Å². The SMILES string of the molecule is CC(=O)c1ccc(NC(=O)[C@@H]2CCCN(C(N)=O)C2)cc1. The molecule has 2 rings (SSSR count). The fourth-order valence-corrected chi connectivity index (χ4v) is 2.42. The lowest BCUT2D eigenvalue weighted by molar-refractivity contribution is -0.121. The van der Waals surface area contributed by atoms with E-state index in [4.69, 9.17) is 5.73 Å². The topological polar surface area (TPSA) is 92.5 Å². The van der Waals surface area contributed by atoms with E-state index in [1.165, 1.54) is 11.8 Å². The Balaban J connectivity index is 1.97. The van der Waals surface area contributed by atoms with E-state index in [1.807, 2.05) is 0 Å². The van der Waals surface area contributed by atoms with Crippen LogP contribution in [0.2, 0.25) is 0 Å². The fraction of sp³-hybridized carbons (Fsp3) is 0.400. The number of primary amides is 1. The van der Waals surface area contributed by atoms with Crippen LogP contribution in [-0.4, -0.2) is 35.7 Å². The Labute approximate surface area is 123 Å². The number of carbonyl (C=O) groups is 3. The first-order chi connectivity index (χ1) is 9.97. The van der Waals surface area contributed by atoms with Gasteiger partial charge in [0.05, 0.1) is 5.92 Å². The van der Waals surface area contributed by atoms with Crippen LogP contribution in [0.3, 0.4) is 0 Å². The standard InChI is InChI=1S/C15H19N3O3/c1-10(19)11-4-6-13(7-5-11)17-14(20)12-3-2-8-18(9-12)15(16)21/h4-7,12H,2-3,8-9H2,1H3,(H2,16,21)(H,17,20)/t12-/m1/s1. The first-order valence-corrected chi connectivity index (χ1v) is 6.93. The largest absolute Gasteiger partial charge is 0.351 e. The highest BCUT2D eigenvalue weighted by Gasteiger charge is 2.27. The van der Waals surface area contributed by atoms with Crippen molar-refractivity contribution in [2.75, 3.05) is 18.4 Å². The van der Waals surface area contributed by atoms with Gasteiger partial charge in [0.1, 0.15) is 0 Å². The molecule has 112 valence electrons. The maximum absolute atomic E-state index is 12.2. The van der Waals surface area contributed by atoms with Gasteiger partial charge in [0, 0.05) is 24.3 Å². The molecule has 1 heterocycles. The number of nitrogens with two attached hydrogens (primary N) is 1. The van der Waals surface area contributed by atoms with E-state index in [1.54, 1.807) is 24.3 Å². The average molecular weight is 289 g/mol. The number of hydrogen-bond acceptors (Lipinski definition) is 3. The predicted octanol–water partition coefficient (Wildman–Crippen LogP) is 1.62. The molecule has 1 fully saturated rings. The second kappa shape index (κ2) is 6.39. The van der Waals surface area contributed by atoms with Gasteiger partial charge in [0.2, 0.25) is 5.91 Å². The summed E-state index contributed by atoms with van der Waals surface area (Å²) < 4.78 is 0. The Morgan fingerprint density at radius 1 is 1.24 bits per heavy atom. The molecule has 21 heavy (non-hydrogen) atoms. The summed E-state index contributed by atoms with van der Waals surface area (Å²) in [4.78, 5) is 36.0. The number of Topliss-reactive ketones (excluding diaryl/α,β-unsaturated/α-hetero) is 1. The maximum Gasteiger partial charge on any atom is 0.314 e. The number of rotatable bonds is 3. The van der Waals surface area contributed by atoms with Crippen LogP contribution in [-0.2, 0) is 4.79 Å². The molecule has 0 aromatic heterocycles. The first kappa shape index (κ1) is 15.0. The number of nitrogens with zero attached hydrogens (tertiary/aromatic N) is 1. The molecule has 0 spiro atoms. The van der Waals surface area contributed by atoms with Gasteiger partial charge in [-0.05, 0) is 44.0 Å². The summed E-state index contributed by atoms with van der Waals surface area (Å²) in [5.41, 5.74) is 6.49. The zero-order valence-corrected chi connectivity index (χ0v) is 12.0. The second-order valence-electron chi connectivity index (χ2n) is 5.25. The Hall–Kier alpha value is -2.37. The summed E-state index contributed by atoms with van der Waals surface area (Å²) in [6, 6.07) is 6.26. The van der Waals surface area contributed by atoms with Gasteiger partial charge in [0.15, 0.2) is 5.78 Å². The van der Waals surface area contributed by atoms with Crippen LogP contribution in [0.4, 0.5) is 10.5 Å². The van der Waals surface area contributed by atoms with Gasteiger partial charge in [-0.25, -0.2) is 4.79 Å². The van der Waals surface area contributed by atoms with E-state index in [-0.39, 0.29) is 17.6 Å². The highest BCUT2D eigenvalue weighted by Crippen LogP contribution is 2.19. The highest BCUT2D eigenvalue weighted by atomic mass is 16.2. The van der Waals surface area contributed by atoms with E-state index in [9.17, 15) is 14.4 Å². The van der Waals surface area contributed by atoms with Crippen LogP contribution < -0.4 is 11.1 Å². The molecule has 1 atom stereocenters. The first-order valence-electron chi connectivity index (χ1n) is 6.93. The molecule has 6 nitrogen and oxygen atoms in total. The minimum absolute atomic E-state index is 0.0164. The van der Waals surface area contributed by atoms with Gasteiger partial charge in [-0.2, -0.15) is 0 Å². The lowest BCUT2D eigenvalue weighted by Gasteiger charge is -2.30. The zero-order valence-electron chi connectivity index (χ0n) is 12.0. The molecular weight excluding hydrogens is 270 g/mol. The molecule has 0 bridgehead atoms. The third-order valence-corrected chi connectivity index (χ3v) is 3.66. The molecule has 0 unspecified atom stereocenters. The number of nitrogens with one attached hydrogen (secondary N) is 1. The van der Waals surface area contributed by atoms with Gasteiger partial charge >= 0.3 is 6.03 Å². The normalized spacial score (nSPS) is 18.1. The summed E-state index contributed by atoms with van der Waals surface area (Å²) in [6.45, 7) is 2.45. The summed E-state index contributed by atoms with van der Waals surface area (Å²) in [5, 5.41) is 2.81. The van der Waals surface area contributed by atoms with E-state index in [0.717, 1.165) is 12.8 Å². The smallest absolute Gasteiger partial charge is 0.314 e. The third kappa shape index (κ3) is 3.81. The van der Waals surface area contributed by atoms with Crippen molar-refractivity contribution in [2.45, 2.75) is 19.8 Å². The predicted molar refractivity (Wildman–Crippen MR) is 79.0 cm³/mol. The fourth-order valence-electron chi connectivity index (χ4n) is 2.42. The Morgan fingerprint density at radius 2 is 1.90 bits per heavy atom. The summed E-state index contributed by atoms with van der Waals surface area (Å²) in [5.74, 6) is -0.396. The van der Waals surface area contributed by atoms with E-state index in [2.05, 4.69) is 5.32 Å². The minimum Gasteiger partial charge on any atom is -0.351 e. The van der Waals surface area contributed by atoms with Crippen LogP contribution >= 0.6 is 0 Å². The van der Waals surface area contributed by atoms with Crippen molar-refractivity contribution in [3.8, 4) is 0 Å². The molecule has 1 saturated heterocycles. The van der Waals surface area contributed by atoms with Gasteiger partial charge in [-0.15, -0.1) is 0 Å². The number of carbonyl (C=O) groups excluding carboxylic acids is 3. The number of anilines is 1. The average Bonchev–Trinajstić information content (AvgIpc) is 2.48. The molecule has 1 aliphatic rings. The van der Waals surface area contributed by atoms with Crippen molar-refractivity contribution < 1.29 is 14.4 Å². The van der Waals surface area contributed by atoms with Gasteiger partial charge in [0.25, 0.3) is 0 Å². The van der Waals surface area contributed by atoms with Gasteiger partial charge < -0.3 is 16.0 Å². The Bertz CT molecular complexity index is 554. The van der Waals surface area contributed by atoms with Crippen molar-refractivity contribution in [3.63, 3.8) is 0 Å². The van der Waals surface area contributed by atoms with Crippen LogP contribution in [0.15, 0.2) is 24.3 Å². The molecule has 0 aliphatic carbocycles. The Morgan fingerprint density at radius 3 is 2.48 bits per heavy atom. The summed E-state index contributed by atoms with van der Waals surface area (Å²) >= 11 is 0. The number of piperidine rings is 1. The number of hydrogen-bond donors (Lipinski definition) is 2.